The van der Waals surface area contributed by atoms with E-state index in [1.807, 2.05) is 27.7 Å². The number of hydrogen-bond donors (Lipinski definition) is 3. The summed E-state index contributed by atoms with van der Waals surface area (Å²) in [7, 11) is 0. The van der Waals surface area contributed by atoms with Crippen molar-refractivity contribution in [1.82, 2.24) is 0 Å². The zero-order valence-electron chi connectivity index (χ0n) is 25.9. The fourth-order valence-electron chi connectivity index (χ4n) is 7.47. The molecule has 2 bridgehead atoms. The number of aliphatic hydroxyl groups excluding tert-OH is 2. The predicted molar refractivity (Wildman–Crippen MR) is 156 cm³/mol. The smallest absolute Gasteiger partial charge is 0.306 e. The number of ether oxygens (including phenoxy) is 2. The van der Waals surface area contributed by atoms with Gasteiger partial charge in [-0.1, -0.05) is 85.3 Å². The van der Waals surface area contributed by atoms with Gasteiger partial charge < -0.3 is 24.8 Å². The second-order valence-electron chi connectivity index (χ2n) is 13.3. The van der Waals surface area contributed by atoms with E-state index in [1.54, 1.807) is 13.0 Å². The highest BCUT2D eigenvalue weighted by atomic mass is 16.5. The quantitative estimate of drug-likeness (QED) is 0.159. The molecule has 7 atom stereocenters. The van der Waals surface area contributed by atoms with Crippen molar-refractivity contribution in [1.29, 1.82) is 0 Å². The molecule has 3 N–H and O–H groups in total. The molecule has 1 spiro atoms. The van der Waals surface area contributed by atoms with Gasteiger partial charge in [-0.25, -0.2) is 0 Å². The van der Waals surface area contributed by atoms with Crippen LogP contribution in [0.5, 0.6) is 0 Å². The van der Waals surface area contributed by atoms with Gasteiger partial charge in [-0.15, -0.1) is 0 Å². The van der Waals surface area contributed by atoms with Gasteiger partial charge in [0.05, 0.1) is 11.3 Å². The molecule has 0 aromatic carbocycles. The Balaban J connectivity index is 2.01. The second kappa shape index (κ2) is 13.5. The van der Waals surface area contributed by atoms with Crippen LogP contribution in [-0.2, 0) is 23.9 Å². The van der Waals surface area contributed by atoms with Crippen molar-refractivity contribution in [3.8, 4) is 0 Å². The van der Waals surface area contributed by atoms with Gasteiger partial charge in [0, 0.05) is 18.3 Å². The number of Topliss-reactive ketones (excluding diaryl/α,β-unsaturated/α-hetero) is 1. The lowest BCUT2D eigenvalue weighted by atomic mass is 9.59. The van der Waals surface area contributed by atoms with E-state index in [0.29, 0.717) is 24.8 Å². The van der Waals surface area contributed by atoms with E-state index in [0.717, 1.165) is 38.5 Å². The van der Waals surface area contributed by atoms with Crippen LogP contribution < -0.4 is 0 Å². The monoisotopic (exact) mass is 576 g/mol. The summed E-state index contributed by atoms with van der Waals surface area (Å²) in [4.78, 5) is 40.2. The lowest BCUT2D eigenvalue weighted by Gasteiger charge is -2.48. The molecule has 0 radical (unpaired) electrons. The van der Waals surface area contributed by atoms with Crippen molar-refractivity contribution in [3.63, 3.8) is 0 Å². The van der Waals surface area contributed by atoms with Gasteiger partial charge in [0.15, 0.2) is 5.78 Å². The highest BCUT2D eigenvalue weighted by molar-refractivity contribution is 5.95. The van der Waals surface area contributed by atoms with Crippen LogP contribution in [0.25, 0.3) is 0 Å². The van der Waals surface area contributed by atoms with E-state index in [1.165, 1.54) is 6.08 Å². The van der Waals surface area contributed by atoms with Crippen LogP contribution in [0.2, 0.25) is 0 Å². The molecular formula is C33H52O8. The van der Waals surface area contributed by atoms with E-state index < -0.39 is 58.3 Å². The molecule has 3 aliphatic carbocycles. The Hall–Kier alpha value is -2.03. The summed E-state index contributed by atoms with van der Waals surface area (Å²) in [6, 6.07) is 0. The van der Waals surface area contributed by atoms with E-state index >= 15 is 0 Å². The molecule has 0 heterocycles. The molecule has 3 aliphatic rings. The summed E-state index contributed by atoms with van der Waals surface area (Å²) < 4.78 is 11.6. The van der Waals surface area contributed by atoms with Crippen molar-refractivity contribution >= 4 is 17.7 Å². The predicted octanol–water partition coefficient (Wildman–Crippen LogP) is 4.97. The number of unbranched alkanes of at least 4 members (excludes halogenated alkanes) is 6. The summed E-state index contributed by atoms with van der Waals surface area (Å²) in [5.74, 6) is -2.73. The number of esters is 2. The molecule has 232 valence electrons. The van der Waals surface area contributed by atoms with Crippen LogP contribution in [0, 0.1) is 22.7 Å². The third-order valence-electron chi connectivity index (χ3n) is 9.67. The van der Waals surface area contributed by atoms with Gasteiger partial charge >= 0.3 is 11.9 Å². The fourth-order valence-corrected chi connectivity index (χ4v) is 7.47. The average Bonchev–Trinajstić information content (AvgIpc) is 3.06. The number of hydrogen-bond acceptors (Lipinski definition) is 8. The van der Waals surface area contributed by atoms with Gasteiger partial charge in [-0.3, -0.25) is 14.4 Å². The zero-order valence-corrected chi connectivity index (χ0v) is 25.9. The minimum Gasteiger partial charge on any atom is -0.461 e. The summed E-state index contributed by atoms with van der Waals surface area (Å²) >= 11 is 0. The minimum atomic E-state index is -2.27. The van der Waals surface area contributed by atoms with Crippen LogP contribution in [-0.4, -0.2) is 63.6 Å². The molecule has 0 aromatic heterocycles. The van der Waals surface area contributed by atoms with Gasteiger partial charge in [-0.05, 0) is 43.3 Å². The summed E-state index contributed by atoms with van der Waals surface area (Å²) in [6.07, 6.45) is 7.37. The number of fused-ring (bicyclic) bond motifs is 1. The zero-order chi connectivity index (χ0) is 30.6. The maximum atomic E-state index is 14.6. The lowest BCUT2D eigenvalue weighted by Crippen LogP contribution is -2.65. The summed E-state index contributed by atoms with van der Waals surface area (Å²) in [6.45, 7) is 11.2. The number of ketones is 1. The Morgan fingerprint density at radius 3 is 2.20 bits per heavy atom. The van der Waals surface area contributed by atoms with Gasteiger partial charge in [0.25, 0.3) is 0 Å². The van der Waals surface area contributed by atoms with Gasteiger partial charge in [0.1, 0.15) is 30.5 Å². The van der Waals surface area contributed by atoms with Crippen LogP contribution in [0.1, 0.15) is 112 Å². The van der Waals surface area contributed by atoms with Gasteiger partial charge in [0.2, 0.25) is 0 Å². The summed E-state index contributed by atoms with van der Waals surface area (Å²) in [5.41, 5.74) is -4.04. The first-order valence-electron chi connectivity index (χ1n) is 15.7. The Morgan fingerprint density at radius 2 is 1.54 bits per heavy atom. The molecular weight excluding hydrogens is 524 g/mol. The Kier molecular flexibility index (Phi) is 11.0. The van der Waals surface area contributed by atoms with Crippen molar-refractivity contribution in [2.24, 2.45) is 22.7 Å². The third-order valence-corrected chi connectivity index (χ3v) is 9.67. The molecule has 0 saturated heterocycles. The van der Waals surface area contributed by atoms with E-state index in [4.69, 9.17) is 9.47 Å². The van der Waals surface area contributed by atoms with E-state index in [9.17, 15) is 29.7 Å². The second-order valence-corrected chi connectivity index (χ2v) is 13.3. The Morgan fingerprint density at radius 1 is 0.951 bits per heavy atom. The number of carbonyl (C=O) groups is 3. The maximum Gasteiger partial charge on any atom is 0.306 e. The Bertz CT molecular complexity index is 1030. The highest BCUT2D eigenvalue weighted by Gasteiger charge is 2.72. The first-order chi connectivity index (χ1) is 19.3. The first kappa shape index (κ1) is 33.5. The lowest BCUT2D eigenvalue weighted by molar-refractivity contribution is -0.190. The van der Waals surface area contributed by atoms with Gasteiger partial charge in [-0.2, -0.15) is 0 Å². The molecule has 41 heavy (non-hydrogen) atoms. The third kappa shape index (κ3) is 6.35. The standard InChI is InChI=1S/C33H52O8/c1-7-9-11-12-14-16-26(35)41-30-24-17-23(20-40-25(34)15-13-10-8-2)28(37)33(39)27(36)21(3)18-32(33,29(24)38)22(4)19-31(30,5)6/h17-18,22,24,27-28,30,36-37,39H,7-16,19-20H2,1-6H3/t22-,24-,27+,28-,30-,32+,33-/m1/s1. The van der Waals surface area contributed by atoms with Crippen LogP contribution in [0.15, 0.2) is 23.3 Å². The topological polar surface area (TPSA) is 130 Å². The molecule has 1 saturated carbocycles. The first-order valence-corrected chi connectivity index (χ1v) is 15.7. The van der Waals surface area contributed by atoms with Crippen molar-refractivity contribution < 1.29 is 39.2 Å². The van der Waals surface area contributed by atoms with Crippen LogP contribution in [0.3, 0.4) is 0 Å². The number of aliphatic hydroxyl groups is 3. The fraction of sp³-hybridized carbons (Fsp3) is 0.788. The van der Waals surface area contributed by atoms with Crippen LogP contribution in [0.4, 0.5) is 0 Å². The van der Waals surface area contributed by atoms with E-state index in [2.05, 4.69) is 6.92 Å². The SMILES string of the molecule is CCCCCCCC(=O)O[C@@H]1[C@@H]2C=C(COC(=O)CCCCC)[C@@H](O)[C@]3(O)[C@@H](O)C(C)=C[C@@]3(C2=O)[C@H](C)CC1(C)C. The highest BCUT2D eigenvalue weighted by Crippen LogP contribution is 2.61. The van der Waals surface area contributed by atoms with Crippen LogP contribution >= 0.6 is 0 Å². The molecule has 0 aromatic rings. The minimum absolute atomic E-state index is 0.129. The molecule has 0 amide bonds. The molecule has 0 aliphatic heterocycles. The average molecular weight is 577 g/mol. The maximum absolute atomic E-state index is 14.6. The number of carbonyl (C=O) groups excluding carboxylic acids is 3. The van der Waals surface area contributed by atoms with Crippen molar-refractivity contribution in [2.75, 3.05) is 6.61 Å². The van der Waals surface area contributed by atoms with Crippen molar-refractivity contribution in [3.05, 3.63) is 23.3 Å². The normalized spacial score (nSPS) is 34.2. The molecule has 3 rings (SSSR count). The molecule has 8 heteroatoms. The molecule has 0 unspecified atom stereocenters. The molecule has 1 fully saturated rings. The largest absolute Gasteiger partial charge is 0.461 e. The van der Waals surface area contributed by atoms with Crippen molar-refractivity contribution in [2.45, 2.75) is 136 Å². The summed E-state index contributed by atoms with van der Waals surface area (Å²) in [5, 5.41) is 35.2. The van der Waals surface area contributed by atoms with E-state index in [-0.39, 0.29) is 31.0 Å². The number of rotatable bonds is 13. The molecule has 8 nitrogen and oxygen atoms in total. The Labute approximate surface area is 245 Å².